The van der Waals surface area contributed by atoms with E-state index in [2.05, 4.69) is 9.47 Å². The van der Waals surface area contributed by atoms with Gasteiger partial charge in [0.2, 0.25) is 0 Å². The van der Waals surface area contributed by atoms with Gasteiger partial charge in [-0.15, -0.1) is 0 Å². The van der Waals surface area contributed by atoms with E-state index in [1.54, 1.807) is 12.1 Å². The van der Waals surface area contributed by atoms with Crippen molar-refractivity contribution in [1.29, 1.82) is 0 Å². The van der Waals surface area contributed by atoms with Crippen molar-refractivity contribution in [3.63, 3.8) is 0 Å². The predicted molar refractivity (Wildman–Crippen MR) is 38.0 cm³/mol. The molecule has 2 nitrogen and oxygen atoms in total. The van der Waals surface area contributed by atoms with Crippen molar-refractivity contribution in [2.24, 2.45) is 0 Å². The quantitative estimate of drug-likeness (QED) is 0.571. The maximum absolute atomic E-state index is 12.5. The fourth-order valence-electron chi connectivity index (χ4n) is 1.10. The van der Waals surface area contributed by atoms with Crippen LogP contribution in [0.15, 0.2) is 18.2 Å². The Morgan fingerprint density at radius 3 is 2.67 bits per heavy atom. The summed E-state index contributed by atoms with van der Waals surface area (Å²) in [7, 11) is 0. The average molecular weight is 196 g/mol. The van der Waals surface area contributed by atoms with Crippen LogP contribution in [0.2, 0.25) is 0 Å². The van der Waals surface area contributed by atoms with E-state index in [1.807, 2.05) is 0 Å². The van der Waals surface area contributed by atoms with Gasteiger partial charge in [0.25, 0.3) is 0 Å². The number of hydrogen-bond acceptors (Lipinski definition) is 2. The molecule has 0 saturated carbocycles. The Balaban J connectivity index is 2.48. The van der Waals surface area contributed by atoms with Gasteiger partial charge in [-0.2, -0.15) is 0 Å². The van der Waals surface area contributed by atoms with Gasteiger partial charge in [0.1, 0.15) is 0 Å². The Labute approximate surface area is 101 Å². The number of halogens is 2. The van der Waals surface area contributed by atoms with E-state index >= 15 is 0 Å². The summed E-state index contributed by atoms with van der Waals surface area (Å²) in [6.07, 6.45) is -3.48. The van der Waals surface area contributed by atoms with Crippen LogP contribution in [0.4, 0.5) is 8.78 Å². The number of ether oxygens (including phenoxy) is 2. The molecule has 0 unspecified atom stereocenters. The molecule has 0 saturated heterocycles. The Morgan fingerprint density at radius 1 is 1.25 bits per heavy atom. The number of benzene rings is 1. The van der Waals surface area contributed by atoms with E-state index in [0.717, 1.165) is -0.342 Å². The van der Waals surface area contributed by atoms with Crippen molar-refractivity contribution in [2.45, 2.75) is 6.29 Å². The van der Waals surface area contributed by atoms with Crippen molar-refractivity contribution in [1.82, 2.24) is 0 Å². The fourth-order valence-corrected chi connectivity index (χ4v) is 1.95. The molecule has 1 heterocycles. The number of fused-ring (bicyclic) bond motifs is 1. The molecule has 1 aromatic carbocycles. The van der Waals surface area contributed by atoms with Crippen LogP contribution in [-0.4, -0.2) is 55.2 Å². The van der Waals surface area contributed by atoms with Crippen LogP contribution in [0.1, 0.15) is 0 Å². The molecule has 0 radical (unpaired) electrons. The molecule has 1 aliphatic rings. The van der Waals surface area contributed by atoms with Crippen LogP contribution in [0.25, 0.3) is 0 Å². The van der Waals surface area contributed by atoms with E-state index in [0.29, 0.717) is 49.0 Å². The Morgan fingerprint density at radius 2 is 2.00 bits per heavy atom. The van der Waals surface area contributed by atoms with Crippen LogP contribution in [-0.2, 0) is 0 Å². The standard InChI is InChI=1S/C7H3F2O2.K/c8-7(9)10-5-3-1-2-4-6(5)11-7;/h1-3H;. The minimum absolute atomic E-state index is 0.144. The molecule has 1 aromatic rings. The monoisotopic (exact) mass is 196 g/mol. The van der Waals surface area contributed by atoms with E-state index in [4.69, 9.17) is 0 Å². The maximum atomic E-state index is 12.5. The molecular formula is C7H3F2KO2. The molecule has 0 aromatic heterocycles. The molecule has 0 amide bonds. The summed E-state index contributed by atoms with van der Waals surface area (Å²) in [6.45, 7) is 0. The van der Waals surface area contributed by atoms with E-state index in [-0.39, 0.29) is 11.5 Å². The van der Waals surface area contributed by atoms with Crippen LogP contribution in [0.5, 0.6) is 11.5 Å². The fraction of sp³-hybridized carbons (Fsp3) is 0.143. The van der Waals surface area contributed by atoms with E-state index in [1.165, 1.54) is 6.07 Å². The van der Waals surface area contributed by atoms with Crippen molar-refractivity contribution in [3.05, 3.63) is 18.2 Å². The second kappa shape index (κ2) is 2.92. The number of para-hydroxylation sites is 1. The number of hydrogen-bond donors (Lipinski definition) is 0. The third-order valence-corrected chi connectivity index (χ3v) is 2.86. The summed E-state index contributed by atoms with van der Waals surface area (Å²) >= 11 is 0.308. The van der Waals surface area contributed by atoms with Gasteiger partial charge in [0.15, 0.2) is 0 Å². The zero-order valence-corrected chi connectivity index (χ0v) is 9.43. The molecule has 0 aliphatic carbocycles. The molecule has 0 bridgehead atoms. The van der Waals surface area contributed by atoms with Crippen LogP contribution < -0.4 is 9.13 Å². The Hall–Kier alpha value is 0.316. The summed E-state index contributed by atoms with van der Waals surface area (Å²) in [4.78, 5) is 0. The van der Waals surface area contributed by atoms with Gasteiger partial charge in [-0.05, 0) is 0 Å². The molecule has 0 spiro atoms. The van der Waals surface area contributed by atoms with E-state index in [9.17, 15) is 8.78 Å². The minimum atomic E-state index is -3.48. The van der Waals surface area contributed by atoms with Gasteiger partial charge < -0.3 is 0 Å². The van der Waals surface area contributed by atoms with Crippen molar-refractivity contribution >= 4 is 48.6 Å². The number of alkyl halides is 2. The van der Waals surface area contributed by atoms with Crippen molar-refractivity contribution < 1.29 is 18.3 Å². The van der Waals surface area contributed by atoms with Gasteiger partial charge in [-0.25, -0.2) is 0 Å². The third kappa shape index (κ3) is 1.51. The third-order valence-electron chi connectivity index (χ3n) is 1.63. The van der Waals surface area contributed by atoms with Gasteiger partial charge in [0.05, 0.1) is 0 Å². The van der Waals surface area contributed by atoms with Gasteiger partial charge in [0, 0.05) is 0 Å². The van der Waals surface area contributed by atoms with Crippen LogP contribution in [0, 0.1) is 0 Å². The second-order valence-corrected chi connectivity index (χ2v) is 4.25. The molecule has 58 valence electrons. The molecule has 0 N–H and O–H groups in total. The summed E-state index contributed by atoms with van der Waals surface area (Å²) in [6, 6.07) is 4.93. The summed E-state index contributed by atoms with van der Waals surface area (Å²) in [5, 5.41) is 0. The normalized spacial score (nSPS) is 18.0. The topological polar surface area (TPSA) is 18.5 Å². The van der Waals surface area contributed by atoms with E-state index < -0.39 is 6.29 Å². The van der Waals surface area contributed by atoms with Crippen molar-refractivity contribution in [3.8, 4) is 11.5 Å². The molecule has 0 atom stereocenters. The Kier molecular flexibility index (Phi) is 2.16. The molecule has 1 aliphatic heterocycles. The number of rotatable bonds is 0. The first-order chi connectivity index (χ1) is 5.58. The molecule has 2 rings (SSSR count). The second-order valence-electron chi connectivity index (χ2n) is 2.57. The van der Waals surface area contributed by atoms with Crippen molar-refractivity contribution in [2.75, 3.05) is 0 Å². The SMILES string of the molecule is FC1(F)Oc2ccc[c]([K])c2O1. The first-order valence-corrected chi connectivity index (χ1v) is 5.00. The summed E-state index contributed by atoms with van der Waals surface area (Å²) in [5.41, 5.74) is 0. The molecule has 5 heteroatoms. The first-order valence-electron chi connectivity index (χ1n) is 3.44. The summed E-state index contributed by atoms with van der Waals surface area (Å²) < 4.78 is 34.4. The summed E-state index contributed by atoms with van der Waals surface area (Å²) in [5.74, 6) is 0.355. The van der Waals surface area contributed by atoms with Gasteiger partial charge in [-0.3, -0.25) is 0 Å². The van der Waals surface area contributed by atoms with Crippen LogP contribution in [0.3, 0.4) is 0 Å². The predicted octanol–water partition coefficient (Wildman–Crippen LogP) is 0.802. The van der Waals surface area contributed by atoms with Crippen LogP contribution >= 0.6 is 0 Å². The molecular weight excluding hydrogens is 193 g/mol. The Bertz CT molecular complexity index is 327. The molecule has 0 fully saturated rings. The van der Waals surface area contributed by atoms with Gasteiger partial charge >= 0.3 is 103 Å². The first kappa shape index (κ1) is 8.89. The van der Waals surface area contributed by atoms with Gasteiger partial charge in [-0.1, -0.05) is 0 Å². The zero-order valence-electron chi connectivity index (χ0n) is 6.30. The average Bonchev–Trinajstić information content (AvgIpc) is 2.25. The zero-order chi connectivity index (χ0) is 8.77. The molecule has 12 heavy (non-hydrogen) atoms.